The van der Waals surface area contributed by atoms with E-state index < -0.39 is 23.2 Å². The average molecular weight is 405 g/mol. The lowest BCUT2D eigenvalue weighted by Crippen LogP contribution is -2.30. The van der Waals surface area contributed by atoms with Crippen LogP contribution in [0.25, 0.3) is 0 Å². The van der Waals surface area contributed by atoms with E-state index in [1.165, 1.54) is 20.2 Å². The number of hydrogen-bond acceptors (Lipinski definition) is 8. The number of aliphatic hydroxyl groups excluding tert-OH is 2. The summed E-state index contributed by atoms with van der Waals surface area (Å²) in [6.45, 7) is 1.58. The number of nitrogens with one attached hydrogen (secondary N) is 1. The normalized spacial score (nSPS) is 12.7. The SMILES string of the molecule is COc1ncc(C(O)C(O)CCNC(=O)OCc2ccccc2)c(C)c1[N+](=O)[O-]. The van der Waals surface area contributed by atoms with E-state index in [-0.39, 0.29) is 42.3 Å². The van der Waals surface area contributed by atoms with Gasteiger partial charge in [0.1, 0.15) is 12.7 Å². The maximum absolute atomic E-state index is 11.7. The van der Waals surface area contributed by atoms with Crippen LogP contribution in [0.15, 0.2) is 36.5 Å². The molecule has 2 aromatic rings. The summed E-state index contributed by atoms with van der Waals surface area (Å²) in [5.74, 6) is -0.180. The van der Waals surface area contributed by atoms with Crippen molar-refractivity contribution in [3.05, 3.63) is 63.3 Å². The topological polar surface area (TPSA) is 144 Å². The first-order chi connectivity index (χ1) is 13.8. The molecule has 2 unspecified atom stereocenters. The molecule has 0 aliphatic carbocycles. The first kappa shape index (κ1) is 22.1. The third-order valence-electron chi connectivity index (χ3n) is 4.29. The summed E-state index contributed by atoms with van der Waals surface area (Å²) in [7, 11) is 1.25. The van der Waals surface area contributed by atoms with Crippen LogP contribution in [-0.2, 0) is 11.3 Å². The number of aromatic nitrogens is 1. The Labute approximate surface area is 167 Å². The highest BCUT2D eigenvalue weighted by Gasteiger charge is 2.28. The third-order valence-corrected chi connectivity index (χ3v) is 4.29. The molecule has 0 radical (unpaired) electrons. The molecule has 0 bridgehead atoms. The average Bonchev–Trinajstić information content (AvgIpc) is 2.71. The van der Waals surface area contributed by atoms with Crippen LogP contribution in [0, 0.1) is 17.0 Å². The summed E-state index contributed by atoms with van der Waals surface area (Å²) in [5, 5.41) is 34.3. The molecule has 1 heterocycles. The summed E-state index contributed by atoms with van der Waals surface area (Å²) >= 11 is 0. The Morgan fingerprint density at radius 1 is 1.31 bits per heavy atom. The minimum atomic E-state index is -1.42. The fourth-order valence-corrected chi connectivity index (χ4v) is 2.71. The number of nitro groups is 1. The molecule has 10 heteroatoms. The van der Waals surface area contributed by atoms with Crippen molar-refractivity contribution in [2.45, 2.75) is 32.2 Å². The fourth-order valence-electron chi connectivity index (χ4n) is 2.71. The Hall–Kier alpha value is -3.24. The minimum absolute atomic E-state index is 0.000864. The zero-order valence-electron chi connectivity index (χ0n) is 16.1. The first-order valence-electron chi connectivity index (χ1n) is 8.83. The molecule has 0 saturated carbocycles. The van der Waals surface area contributed by atoms with Gasteiger partial charge in [-0.2, -0.15) is 0 Å². The van der Waals surface area contributed by atoms with Crippen LogP contribution >= 0.6 is 0 Å². The molecule has 10 nitrogen and oxygen atoms in total. The van der Waals surface area contributed by atoms with E-state index in [0.29, 0.717) is 0 Å². The van der Waals surface area contributed by atoms with E-state index in [4.69, 9.17) is 9.47 Å². The Morgan fingerprint density at radius 2 is 2.00 bits per heavy atom. The highest BCUT2D eigenvalue weighted by molar-refractivity contribution is 5.67. The summed E-state index contributed by atoms with van der Waals surface area (Å²) < 4.78 is 9.92. The van der Waals surface area contributed by atoms with E-state index in [9.17, 15) is 25.1 Å². The first-order valence-corrected chi connectivity index (χ1v) is 8.83. The van der Waals surface area contributed by atoms with Crippen molar-refractivity contribution in [2.24, 2.45) is 0 Å². The van der Waals surface area contributed by atoms with Gasteiger partial charge in [-0.25, -0.2) is 9.78 Å². The molecule has 156 valence electrons. The van der Waals surface area contributed by atoms with E-state index in [0.717, 1.165) is 5.56 Å². The van der Waals surface area contributed by atoms with Gasteiger partial charge in [0, 0.05) is 23.9 Å². The molecule has 29 heavy (non-hydrogen) atoms. The van der Waals surface area contributed by atoms with Gasteiger partial charge in [0.25, 0.3) is 5.88 Å². The lowest BCUT2D eigenvalue weighted by Gasteiger charge is -2.20. The second-order valence-corrected chi connectivity index (χ2v) is 6.24. The van der Waals surface area contributed by atoms with E-state index in [2.05, 4.69) is 10.3 Å². The standard InChI is InChI=1S/C19H23N3O7/c1-12-14(10-21-18(28-2)16(12)22(26)27)17(24)15(23)8-9-20-19(25)29-11-13-6-4-3-5-7-13/h3-7,10,15,17,23-24H,8-9,11H2,1-2H3,(H,20,25). The molecule has 1 aromatic carbocycles. The number of benzene rings is 1. The van der Waals surface area contributed by atoms with Crippen molar-refractivity contribution < 1.29 is 29.4 Å². The van der Waals surface area contributed by atoms with Gasteiger partial charge in [-0.1, -0.05) is 30.3 Å². The number of hydrogen-bond donors (Lipinski definition) is 3. The quantitative estimate of drug-likeness (QED) is 0.424. The van der Waals surface area contributed by atoms with Crippen molar-refractivity contribution in [3.63, 3.8) is 0 Å². The van der Waals surface area contributed by atoms with E-state index in [1.807, 2.05) is 30.3 Å². The zero-order valence-corrected chi connectivity index (χ0v) is 16.1. The number of pyridine rings is 1. The maximum Gasteiger partial charge on any atom is 0.407 e. The summed E-state index contributed by atoms with van der Waals surface area (Å²) in [6, 6.07) is 9.14. The molecule has 0 saturated heterocycles. The van der Waals surface area contributed by atoms with Gasteiger partial charge < -0.3 is 25.0 Å². The van der Waals surface area contributed by atoms with Crippen molar-refractivity contribution in [2.75, 3.05) is 13.7 Å². The summed E-state index contributed by atoms with van der Waals surface area (Å²) in [5.41, 5.74) is 0.710. The predicted molar refractivity (Wildman–Crippen MR) is 102 cm³/mol. The molecular formula is C19H23N3O7. The van der Waals surface area contributed by atoms with Gasteiger partial charge in [0.05, 0.1) is 18.1 Å². The Bertz CT molecular complexity index is 845. The lowest BCUT2D eigenvalue weighted by molar-refractivity contribution is -0.386. The lowest BCUT2D eigenvalue weighted by atomic mass is 9.99. The molecule has 2 rings (SSSR count). The molecule has 3 N–H and O–H groups in total. The Morgan fingerprint density at radius 3 is 2.62 bits per heavy atom. The maximum atomic E-state index is 11.7. The largest absolute Gasteiger partial charge is 0.476 e. The van der Waals surface area contributed by atoms with Crippen LogP contribution in [0.5, 0.6) is 5.88 Å². The Kier molecular flexibility index (Phi) is 7.87. The number of nitrogens with zero attached hydrogens (tertiary/aromatic N) is 2. The second kappa shape index (κ2) is 10.3. The van der Waals surface area contributed by atoms with Crippen LogP contribution < -0.4 is 10.1 Å². The van der Waals surface area contributed by atoms with E-state index in [1.54, 1.807) is 0 Å². The second-order valence-electron chi connectivity index (χ2n) is 6.24. The molecule has 2 atom stereocenters. The van der Waals surface area contributed by atoms with Gasteiger partial charge in [-0.3, -0.25) is 10.1 Å². The molecule has 0 spiro atoms. The molecule has 0 fully saturated rings. The van der Waals surface area contributed by atoms with Crippen LogP contribution in [0.1, 0.15) is 29.2 Å². The molecule has 0 aliphatic rings. The third kappa shape index (κ3) is 5.87. The van der Waals surface area contributed by atoms with Crippen molar-refractivity contribution in [3.8, 4) is 5.88 Å². The molecule has 1 aromatic heterocycles. The summed E-state index contributed by atoms with van der Waals surface area (Å²) in [6.07, 6.45) is -2.14. The number of carbonyl (C=O) groups excluding carboxylic acids is 1. The van der Waals surface area contributed by atoms with Crippen molar-refractivity contribution in [1.82, 2.24) is 10.3 Å². The zero-order chi connectivity index (χ0) is 21.4. The van der Waals surface area contributed by atoms with Gasteiger partial charge in [-0.15, -0.1) is 0 Å². The molecule has 0 aliphatic heterocycles. The fraction of sp³-hybridized carbons (Fsp3) is 0.368. The Balaban J connectivity index is 1.89. The van der Waals surface area contributed by atoms with Crippen LogP contribution in [0.4, 0.5) is 10.5 Å². The number of amides is 1. The van der Waals surface area contributed by atoms with Gasteiger partial charge in [-0.05, 0) is 18.9 Å². The number of ether oxygens (including phenoxy) is 2. The highest BCUT2D eigenvalue weighted by Crippen LogP contribution is 2.34. The van der Waals surface area contributed by atoms with Crippen LogP contribution in [-0.4, -0.2) is 46.0 Å². The smallest absolute Gasteiger partial charge is 0.407 e. The van der Waals surface area contributed by atoms with Gasteiger partial charge in [0.2, 0.25) is 0 Å². The number of rotatable bonds is 9. The van der Waals surface area contributed by atoms with E-state index >= 15 is 0 Å². The molecular weight excluding hydrogens is 382 g/mol. The van der Waals surface area contributed by atoms with Crippen LogP contribution in [0.2, 0.25) is 0 Å². The van der Waals surface area contributed by atoms with Gasteiger partial charge >= 0.3 is 11.8 Å². The van der Waals surface area contributed by atoms with Crippen molar-refractivity contribution >= 4 is 11.8 Å². The highest BCUT2D eigenvalue weighted by atomic mass is 16.6. The van der Waals surface area contributed by atoms with Gasteiger partial charge in [0.15, 0.2) is 0 Å². The van der Waals surface area contributed by atoms with Crippen molar-refractivity contribution in [1.29, 1.82) is 0 Å². The summed E-state index contributed by atoms with van der Waals surface area (Å²) in [4.78, 5) is 26.1. The number of aliphatic hydroxyl groups is 2. The number of methoxy groups -OCH3 is 1. The molecule has 1 amide bonds. The monoisotopic (exact) mass is 405 g/mol. The number of alkyl carbamates (subject to hydrolysis) is 1. The minimum Gasteiger partial charge on any atom is -0.476 e. The number of carbonyl (C=O) groups is 1. The predicted octanol–water partition coefficient (Wildman–Crippen LogP) is 2.02. The van der Waals surface area contributed by atoms with Crippen LogP contribution in [0.3, 0.4) is 0 Å².